The summed E-state index contributed by atoms with van der Waals surface area (Å²) in [7, 11) is 0. The normalized spacial score (nSPS) is 12.3. The predicted octanol–water partition coefficient (Wildman–Crippen LogP) is 5.05. The van der Waals surface area contributed by atoms with Crippen molar-refractivity contribution in [3.63, 3.8) is 0 Å². The van der Waals surface area contributed by atoms with Crippen LogP contribution in [0.5, 0.6) is 0 Å². The smallest absolute Gasteiger partial charge is 0.126 e. The zero-order chi connectivity index (χ0) is 14.0. The molecule has 19 heavy (non-hydrogen) atoms. The number of benzene rings is 2. The summed E-state index contributed by atoms with van der Waals surface area (Å²) in [4.78, 5) is 0. The number of aryl methyl sites for hydroxylation is 1. The van der Waals surface area contributed by atoms with E-state index in [4.69, 9.17) is 0 Å². The van der Waals surface area contributed by atoms with Gasteiger partial charge >= 0.3 is 0 Å². The quantitative estimate of drug-likeness (QED) is 0.743. The van der Waals surface area contributed by atoms with E-state index in [0.29, 0.717) is 5.56 Å². The third-order valence-electron chi connectivity index (χ3n) is 2.94. The van der Waals surface area contributed by atoms with Crippen molar-refractivity contribution in [1.29, 1.82) is 0 Å². The Labute approximate surface area is 125 Å². The summed E-state index contributed by atoms with van der Waals surface area (Å²) in [5.74, 6) is -1.11. The van der Waals surface area contributed by atoms with Gasteiger partial charge < -0.3 is 5.32 Å². The first kappa shape index (κ1) is 14.2. The molecule has 2 rings (SSSR count). The fourth-order valence-electron chi connectivity index (χ4n) is 1.84. The molecule has 4 heteroatoms. The molecule has 0 aliphatic carbocycles. The Balaban J connectivity index is 2.20. The first-order chi connectivity index (χ1) is 8.95. The Morgan fingerprint density at radius 3 is 2.26 bits per heavy atom. The molecule has 2 aromatic rings. The third kappa shape index (κ3) is 3.65. The largest absolute Gasteiger partial charge is 0.378 e. The Morgan fingerprint density at radius 2 is 1.68 bits per heavy atom. The van der Waals surface area contributed by atoms with E-state index >= 15 is 0 Å². The van der Waals surface area contributed by atoms with Gasteiger partial charge in [0.05, 0.1) is 0 Å². The van der Waals surface area contributed by atoms with Crippen LogP contribution in [-0.2, 0) is 0 Å². The summed E-state index contributed by atoms with van der Waals surface area (Å²) in [5.41, 5.74) is 2.73. The van der Waals surface area contributed by atoms with Gasteiger partial charge in [-0.15, -0.1) is 0 Å². The fourth-order valence-corrected chi connectivity index (χ4v) is 2.36. The van der Waals surface area contributed by atoms with E-state index in [-0.39, 0.29) is 6.04 Å². The number of hydrogen-bond acceptors (Lipinski definition) is 1. The highest BCUT2D eigenvalue weighted by Crippen LogP contribution is 2.23. The van der Waals surface area contributed by atoms with Gasteiger partial charge in [0.2, 0.25) is 0 Å². The summed E-state index contributed by atoms with van der Waals surface area (Å²) in [6.45, 7) is 3.91. The number of rotatable bonds is 3. The lowest BCUT2D eigenvalue weighted by molar-refractivity contribution is 0.577. The summed E-state index contributed by atoms with van der Waals surface area (Å²) in [6, 6.07) is 9.41. The minimum atomic E-state index is -0.554. The Kier molecular flexibility index (Phi) is 4.39. The van der Waals surface area contributed by atoms with Crippen molar-refractivity contribution < 1.29 is 8.78 Å². The van der Waals surface area contributed by atoms with Crippen LogP contribution in [0.25, 0.3) is 0 Å². The average Bonchev–Trinajstić information content (AvgIpc) is 2.32. The lowest BCUT2D eigenvalue weighted by atomic mass is 10.1. The molecule has 0 aliphatic rings. The zero-order valence-corrected chi connectivity index (χ0v) is 12.8. The van der Waals surface area contributed by atoms with E-state index in [1.54, 1.807) is 0 Å². The monoisotopic (exact) mass is 373 g/mol. The number of anilines is 1. The number of hydrogen-bond donors (Lipinski definition) is 1. The summed E-state index contributed by atoms with van der Waals surface area (Å²) in [6.07, 6.45) is 0. The molecule has 0 fully saturated rings. The minimum Gasteiger partial charge on any atom is -0.378 e. The SMILES string of the molecule is Cc1ccc(NC(C)c2cc(F)cc(F)c2)cc1I. The number of halogens is 3. The van der Waals surface area contributed by atoms with Crippen LogP contribution in [-0.4, -0.2) is 0 Å². The van der Waals surface area contributed by atoms with E-state index in [9.17, 15) is 8.78 Å². The summed E-state index contributed by atoms with van der Waals surface area (Å²) < 4.78 is 27.5. The molecule has 1 nitrogen and oxygen atoms in total. The van der Waals surface area contributed by atoms with Crippen LogP contribution >= 0.6 is 22.6 Å². The molecule has 0 heterocycles. The summed E-state index contributed by atoms with van der Waals surface area (Å²) in [5, 5.41) is 3.24. The van der Waals surface area contributed by atoms with Crippen LogP contribution in [0.15, 0.2) is 36.4 Å². The lowest BCUT2D eigenvalue weighted by Crippen LogP contribution is -2.07. The highest BCUT2D eigenvalue weighted by atomic mass is 127. The molecule has 0 aromatic heterocycles. The second-order valence-electron chi connectivity index (χ2n) is 4.53. The van der Waals surface area contributed by atoms with Gasteiger partial charge in [-0.3, -0.25) is 0 Å². The standard InChI is InChI=1S/C15H14F2IN/c1-9-3-4-14(8-15(9)18)19-10(2)11-5-12(16)7-13(17)6-11/h3-8,10,19H,1-2H3. The maximum atomic E-state index is 13.2. The second-order valence-corrected chi connectivity index (χ2v) is 5.69. The van der Waals surface area contributed by atoms with Crippen LogP contribution in [0.1, 0.15) is 24.1 Å². The Hall–Kier alpha value is -1.17. The molecule has 1 unspecified atom stereocenters. The van der Waals surface area contributed by atoms with Crippen molar-refractivity contribution >= 4 is 28.3 Å². The van der Waals surface area contributed by atoms with Crippen molar-refractivity contribution in [1.82, 2.24) is 0 Å². The van der Waals surface area contributed by atoms with Gasteiger partial charge in [0.1, 0.15) is 11.6 Å². The molecule has 100 valence electrons. The molecule has 0 spiro atoms. The van der Waals surface area contributed by atoms with Gasteiger partial charge in [-0.2, -0.15) is 0 Å². The molecular weight excluding hydrogens is 359 g/mol. The molecule has 0 aliphatic heterocycles. The minimum absolute atomic E-state index is 0.163. The fraction of sp³-hybridized carbons (Fsp3) is 0.200. The van der Waals surface area contributed by atoms with E-state index in [2.05, 4.69) is 27.9 Å². The first-order valence-electron chi connectivity index (χ1n) is 5.94. The topological polar surface area (TPSA) is 12.0 Å². The van der Waals surface area contributed by atoms with Crippen molar-refractivity contribution in [3.8, 4) is 0 Å². The molecular formula is C15H14F2IN. The maximum Gasteiger partial charge on any atom is 0.126 e. The molecule has 0 radical (unpaired) electrons. The van der Waals surface area contributed by atoms with E-state index in [1.165, 1.54) is 17.7 Å². The highest BCUT2D eigenvalue weighted by Gasteiger charge is 2.09. The van der Waals surface area contributed by atoms with Gasteiger partial charge in [-0.05, 0) is 71.8 Å². The zero-order valence-electron chi connectivity index (χ0n) is 10.7. The number of nitrogens with one attached hydrogen (secondary N) is 1. The molecule has 0 bridgehead atoms. The van der Waals surface area contributed by atoms with Crippen LogP contribution in [0.4, 0.5) is 14.5 Å². The van der Waals surface area contributed by atoms with Gasteiger partial charge in [0.15, 0.2) is 0 Å². The third-order valence-corrected chi connectivity index (χ3v) is 4.10. The van der Waals surface area contributed by atoms with Crippen molar-refractivity contribution in [2.45, 2.75) is 19.9 Å². The molecule has 0 saturated heterocycles. The van der Waals surface area contributed by atoms with Gasteiger partial charge in [0.25, 0.3) is 0 Å². The average molecular weight is 373 g/mol. The molecule has 1 atom stereocenters. The molecule has 1 N–H and O–H groups in total. The van der Waals surface area contributed by atoms with E-state index in [0.717, 1.165) is 15.3 Å². The van der Waals surface area contributed by atoms with Crippen molar-refractivity contribution in [3.05, 3.63) is 62.7 Å². The van der Waals surface area contributed by atoms with E-state index in [1.807, 2.05) is 32.0 Å². The Morgan fingerprint density at radius 1 is 1.05 bits per heavy atom. The second kappa shape index (κ2) is 5.86. The predicted molar refractivity (Wildman–Crippen MR) is 82.3 cm³/mol. The van der Waals surface area contributed by atoms with E-state index < -0.39 is 11.6 Å². The van der Waals surface area contributed by atoms with Gasteiger partial charge in [0, 0.05) is 21.4 Å². The van der Waals surface area contributed by atoms with Crippen LogP contribution in [0, 0.1) is 22.1 Å². The molecule has 0 amide bonds. The summed E-state index contributed by atoms with van der Waals surface area (Å²) >= 11 is 2.26. The van der Waals surface area contributed by atoms with Crippen molar-refractivity contribution in [2.24, 2.45) is 0 Å². The Bertz CT molecular complexity index is 578. The first-order valence-corrected chi connectivity index (χ1v) is 7.02. The lowest BCUT2D eigenvalue weighted by Gasteiger charge is -2.16. The molecule has 2 aromatic carbocycles. The van der Waals surface area contributed by atoms with Crippen molar-refractivity contribution in [2.75, 3.05) is 5.32 Å². The van der Waals surface area contributed by atoms with Crippen LogP contribution < -0.4 is 5.32 Å². The van der Waals surface area contributed by atoms with Gasteiger partial charge in [-0.1, -0.05) is 6.07 Å². The van der Waals surface area contributed by atoms with Gasteiger partial charge in [-0.25, -0.2) is 8.78 Å². The highest BCUT2D eigenvalue weighted by molar-refractivity contribution is 14.1. The maximum absolute atomic E-state index is 13.2. The van der Waals surface area contributed by atoms with Crippen LogP contribution in [0.3, 0.4) is 0 Å². The van der Waals surface area contributed by atoms with Crippen LogP contribution in [0.2, 0.25) is 0 Å². The molecule has 0 saturated carbocycles.